The summed E-state index contributed by atoms with van der Waals surface area (Å²) in [5.41, 5.74) is -0.120. The van der Waals surface area contributed by atoms with E-state index in [-0.39, 0.29) is 16.0 Å². The van der Waals surface area contributed by atoms with Crippen LogP contribution in [0.5, 0.6) is 0 Å². The Morgan fingerprint density at radius 3 is 2.60 bits per heavy atom. The van der Waals surface area contributed by atoms with Gasteiger partial charge >= 0.3 is 0 Å². The number of rotatable bonds is 4. The molecular weight excluding hydrogens is 283 g/mol. The van der Waals surface area contributed by atoms with Crippen molar-refractivity contribution in [3.8, 4) is 0 Å². The fraction of sp³-hybridized carbons (Fsp3) is 0.462. The van der Waals surface area contributed by atoms with Crippen LogP contribution in [-0.4, -0.2) is 20.9 Å². The summed E-state index contributed by atoms with van der Waals surface area (Å²) in [6.45, 7) is 3.97. The first-order valence-electron chi connectivity index (χ1n) is 6.31. The van der Waals surface area contributed by atoms with E-state index in [0.29, 0.717) is 18.4 Å². The lowest BCUT2D eigenvalue weighted by Crippen LogP contribution is -2.27. The zero-order valence-corrected chi connectivity index (χ0v) is 12.1. The van der Waals surface area contributed by atoms with E-state index >= 15 is 0 Å². The van der Waals surface area contributed by atoms with Crippen LogP contribution >= 0.6 is 0 Å². The topological polar surface area (TPSA) is 89.3 Å². The smallest absolute Gasteiger partial charge is 0.254 e. The SMILES string of the molecule is Cc1cc(F)c(C(=O)NCC2CC2C)cc1S(N)(=O)=O. The van der Waals surface area contributed by atoms with Crippen molar-refractivity contribution in [2.75, 3.05) is 6.54 Å². The van der Waals surface area contributed by atoms with Gasteiger partial charge in [-0.3, -0.25) is 4.79 Å². The van der Waals surface area contributed by atoms with Crippen molar-refractivity contribution in [3.63, 3.8) is 0 Å². The quantitative estimate of drug-likeness (QED) is 0.874. The summed E-state index contributed by atoms with van der Waals surface area (Å²) in [5.74, 6) is -0.383. The Labute approximate surface area is 117 Å². The molecular formula is C13H17FN2O3S. The van der Waals surface area contributed by atoms with Gasteiger partial charge < -0.3 is 5.32 Å². The van der Waals surface area contributed by atoms with E-state index in [0.717, 1.165) is 18.6 Å². The Morgan fingerprint density at radius 2 is 2.10 bits per heavy atom. The number of aryl methyl sites for hydroxylation is 1. The van der Waals surface area contributed by atoms with Gasteiger partial charge in [0.25, 0.3) is 5.91 Å². The molecule has 1 fully saturated rings. The molecule has 1 aliphatic rings. The Balaban J connectivity index is 2.24. The van der Waals surface area contributed by atoms with Gasteiger partial charge in [0.1, 0.15) is 5.82 Å². The zero-order valence-electron chi connectivity index (χ0n) is 11.3. The van der Waals surface area contributed by atoms with Crippen LogP contribution < -0.4 is 10.5 Å². The number of nitrogens with one attached hydrogen (secondary N) is 1. The molecule has 1 aromatic carbocycles. The summed E-state index contributed by atoms with van der Waals surface area (Å²) in [7, 11) is -3.98. The maximum Gasteiger partial charge on any atom is 0.254 e. The average Bonchev–Trinajstić information content (AvgIpc) is 3.00. The van der Waals surface area contributed by atoms with Crippen LogP contribution in [0.3, 0.4) is 0 Å². The predicted molar refractivity (Wildman–Crippen MR) is 72.1 cm³/mol. The monoisotopic (exact) mass is 300 g/mol. The molecule has 1 aliphatic carbocycles. The Morgan fingerprint density at radius 1 is 1.50 bits per heavy atom. The van der Waals surface area contributed by atoms with Crippen molar-refractivity contribution in [1.82, 2.24) is 5.32 Å². The van der Waals surface area contributed by atoms with Gasteiger partial charge in [0.2, 0.25) is 10.0 Å². The summed E-state index contributed by atoms with van der Waals surface area (Å²) >= 11 is 0. The molecule has 0 radical (unpaired) electrons. The number of primary sulfonamides is 1. The van der Waals surface area contributed by atoms with E-state index < -0.39 is 21.7 Å². The van der Waals surface area contributed by atoms with E-state index in [4.69, 9.17) is 5.14 Å². The van der Waals surface area contributed by atoms with Gasteiger partial charge in [0.15, 0.2) is 0 Å². The second kappa shape index (κ2) is 5.14. The van der Waals surface area contributed by atoms with E-state index in [1.165, 1.54) is 6.92 Å². The van der Waals surface area contributed by atoms with Crippen LogP contribution in [0.1, 0.15) is 29.3 Å². The van der Waals surface area contributed by atoms with E-state index in [2.05, 4.69) is 12.2 Å². The fourth-order valence-corrected chi connectivity index (χ4v) is 2.93. The highest BCUT2D eigenvalue weighted by atomic mass is 32.2. The van der Waals surface area contributed by atoms with Crippen molar-refractivity contribution in [2.24, 2.45) is 17.0 Å². The Kier molecular flexibility index (Phi) is 3.84. The average molecular weight is 300 g/mol. The highest BCUT2D eigenvalue weighted by Crippen LogP contribution is 2.36. The molecule has 110 valence electrons. The van der Waals surface area contributed by atoms with Gasteiger partial charge in [0, 0.05) is 6.54 Å². The standard InChI is InChI=1S/C13H17FN2O3S/c1-7-3-9(7)6-16-13(17)10-5-12(20(15,18)19)8(2)4-11(10)14/h4-5,7,9H,3,6H2,1-2H3,(H,16,17)(H2,15,18,19). The lowest BCUT2D eigenvalue weighted by Gasteiger charge is -2.09. The molecule has 2 atom stereocenters. The highest BCUT2D eigenvalue weighted by molar-refractivity contribution is 7.89. The van der Waals surface area contributed by atoms with Crippen molar-refractivity contribution in [2.45, 2.75) is 25.2 Å². The first kappa shape index (κ1) is 14.9. The third kappa shape index (κ3) is 3.16. The Bertz CT molecular complexity index is 658. The van der Waals surface area contributed by atoms with E-state index in [1.54, 1.807) is 0 Å². The molecule has 1 amide bonds. The van der Waals surface area contributed by atoms with E-state index in [9.17, 15) is 17.6 Å². The van der Waals surface area contributed by atoms with Crippen LogP contribution in [-0.2, 0) is 10.0 Å². The molecule has 20 heavy (non-hydrogen) atoms. The number of halogens is 1. The molecule has 5 nitrogen and oxygen atoms in total. The third-order valence-electron chi connectivity index (χ3n) is 3.62. The summed E-state index contributed by atoms with van der Waals surface area (Å²) in [6, 6.07) is 2.00. The molecule has 1 aromatic rings. The molecule has 3 N–H and O–H groups in total. The van der Waals surface area contributed by atoms with Gasteiger partial charge in [-0.2, -0.15) is 0 Å². The molecule has 2 rings (SSSR count). The van der Waals surface area contributed by atoms with Crippen molar-refractivity contribution < 1.29 is 17.6 Å². The number of hydrogen-bond donors (Lipinski definition) is 2. The molecule has 0 bridgehead atoms. The highest BCUT2D eigenvalue weighted by Gasteiger charge is 2.32. The minimum Gasteiger partial charge on any atom is -0.352 e. The molecule has 2 unspecified atom stereocenters. The van der Waals surface area contributed by atoms with Crippen LogP contribution in [0.25, 0.3) is 0 Å². The lowest BCUT2D eigenvalue weighted by atomic mass is 10.1. The minimum atomic E-state index is -3.98. The molecule has 0 saturated heterocycles. The van der Waals surface area contributed by atoms with Crippen molar-refractivity contribution in [1.29, 1.82) is 0 Å². The summed E-state index contributed by atoms with van der Waals surface area (Å²) in [6.07, 6.45) is 1.04. The van der Waals surface area contributed by atoms with Gasteiger partial charge in [-0.25, -0.2) is 17.9 Å². The van der Waals surface area contributed by atoms with Crippen LogP contribution in [0.4, 0.5) is 4.39 Å². The van der Waals surface area contributed by atoms with Crippen LogP contribution in [0, 0.1) is 24.6 Å². The fourth-order valence-electron chi connectivity index (χ4n) is 2.14. The van der Waals surface area contributed by atoms with Gasteiger partial charge in [-0.15, -0.1) is 0 Å². The number of carbonyl (C=O) groups is 1. The van der Waals surface area contributed by atoms with Gasteiger partial charge in [-0.05, 0) is 42.9 Å². The summed E-state index contributed by atoms with van der Waals surface area (Å²) in [5, 5.41) is 7.66. The first-order valence-corrected chi connectivity index (χ1v) is 7.86. The number of nitrogens with two attached hydrogens (primary N) is 1. The zero-order chi connectivity index (χ0) is 15.1. The first-order chi connectivity index (χ1) is 9.20. The molecule has 0 spiro atoms. The normalized spacial score (nSPS) is 21.6. The third-order valence-corrected chi connectivity index (χ3v) is 4.67. The largest absolute Gasteiger partial charge is 0.352 e. The van der Waals surface area contributed by atoms with Crippen molar-refractivity contribution >= 4 is 15.9 Å². The second-order valence-electron chi connectivity index (χ2n) is 5.33. The van der Waals surface area contributed by atoms with Crippen LogP contribution in [0.15, 0.2) is 17.0 Å². The number of sulfonamides is 1. The predicted octanol–water partition coefficient (Wildman–Crippen LogP) is 1.17. The van der Waals surface area contributed by atoms with Gasteiger partial charge in [0.05, 0.1) is 10.5 Å². The molecule has 7 heteroatoms. The second-order valence-corrected chi connectivity index (χ2v) is 6.86. The minimum absolute atomic E-state index is 0.178. The number of carbonyl (C=O) groups excluding carboxylic acids is 1. The van der Waals surface area contributed by atoms with Gasteiger partial charge in [-0.1, -0.05) is 6.92 Å². The molecule has 0 heterocycles. The maximum atomic E-state index is 13.8. The molecule has 1 saturated carbocycles. The summed E-state index contributed by atoms with van der Waals surface area (Å²) in [4.78, 5) is 11.7. The lowest BCUT2D eigenvalue weighted by molar-refractivity contribution is 0.0947. The Hall–Kier alpha value is -1.47. The number of hydrogen-bond acceptors (Lipinski definition) is 3. The maximum absolute atomic E-state index is 13.8. The molecule has 0 aromatic heterocycles. The number of amides is 1. The van der Waals surface area contributed by atoms with E-state index in [1.807, 2.05) is 0 Å². The van der Waals surface area contributed by atoms with Crippen LogP contribution in [0.2, 0.25) is 0 Å². The summed E-state index contributed by atoms with van der Waals surface area (Å²) < 4.78 is 36.6. The number of benzene rings is 1. The molecule has 0 aliphatic heterocycles. The van der Waals surface area contributed by atoms with Crippen molar-refractivity contribution in [3.05, 3.63) is 29.1 Å².